The highest BCUT2D eigenvalue weighted by Gasteiger charge is 2.41. The number of benzene rings is 2. The van der Waals surface area contributed by atoms with Gasteiger partial charge in [-0.3, -0.25) is 4.79 Å². The first-order chi connectivity index (χ1) is 20.4. The van der Waals surface area contributed by atoms with E-state index in [2.05, 4.69) is 0 Å². The topological polar surface area (TPSA) is 131 Å². The fourth-order valence-corrected chi connectivity index (χ4v) is 8.47. The molecule has 2 aromatic rings. The Morgan fingerprint density at radius 3 is 2.00 bits per heavy atom. The average Bonchev–Trinajstić information content (AvgIpc) is 2.91. The second-order valence-corrected chi connectivity index (χ2v) is 16.0. The number of anilines is 1. The van der Waals surface area contributed by atoms with E-state index in [9.17, 15) is 26.4 Å². The highest BCUT2D eigenvalue weighted by atomic mass is 32.3. The summed E-state index contributed by atoms with van der Waals surface area (Å²) in [4.78, 5) is 29.0. The minimum absolute atomic E-state index is 0.0488. The number of piperidine rings is 1. The van der Waals surface area contributed by atoms with Crippen LogP contribution in [0, 0.1) is 0 Å². The molecule has 0 unspecified atom stereocenters. The van der Waals surface area contributed by atoms with Crippen LogP contribution in [0.5, 0.6) is 5.75 Å². The van der Waals surface area contributed by atoms with Gasteiger partial charge in [-0.2, -0.15) is 3.71 Å². The molecule has 0 aromatic heterocycles. The van der Waals surface area contributed by atoms with Crippen molar-refractivity contribution in [3.05, 3.63) is 65.2 Å². The van der Waals surface area contributed by atoms with Gasteiger partial charge in [-0.25, -0.2) is 21.6 Å². The Morgan fingerprint density at radius 1 is 0.932 bits per heavy atom. The second-order valence-electron chi connectivity index (χ2n) is 12.2. The van der Waals surface area contributed by atoms with Gasteiger partial charge in [-0.05, 0) is 82.2 Å². The van der Waals surface area contributed by atoms with Gasteiger partial charge in [0.2, 0.25) is 20.0 Å². The first-order valence-electron chi connectivity index (χ1n) is 14.5. The van der Waals surface area contributed by atoms with E-state index < -0.39 is 37.3 Å². The highest BCUT2D eigenvalue weighted by molar-refractivity contribution is 8.09. The van der Waals surface area contributed by atoms with Crippen molar-refractivity contribution in [3.8, 4) is 5.75 Å². The van der Waals surface area contributed by atoms with Gasteiger partial charge in [0, 0.05) is 50.1 Å². The number of fused-ring (bicyclic) bond motifs is 1. The van der Waals surface area contributed by atoms with Gasteiger partial charge in [-0.1, -0.05) is 12.1 Å². The lowest BCUT2D eigenvalue weighted by molar-refractivity contribution is -0.00118. The Morgan fingerprint density at radius 2 is 1.50 bits per heavy atom. The minimum atomic E-state index is -4.17. The second kappa shape index (κ2) is 12.1. The van der Waals surface area contributed by atoms with Crippen molar-refractivity contribution < 1.29 is 35.9 Å². The molecule has 1 fully saturated rings. The van der Waals surface area contributed by atoms with Crippen LogP contribution in [0.15, 0.2) is 48.5 Å². The van der Waals surface area contributed by atoms with Crippen molar-refractivity contribution in [2.24, 2.45) is 0 Å². The predicted molar refractivity (Wildman–Crippen MR) is 170 cm³/mol. The van der Waals surface area contributed by atoms with Crippen molar-refractivity contribution in [2.75, 3.05) is 42.4 Å². The van der Waals surface area contributed by atoms with Gasteiger partial charge >= 0.3 is 6.09 Å². The van der Waals surface area contributed by atoms with Crippen LogP contribution in [-0.4, -0.2) is 88.5 Å². The van der Waals surface area contributed by atoms with E-state index in [1.54, 1.807) is 28.0 Å². The summed E-state index contributed by atoms with van der Waals surface area (Å²) in [6, 6.07) is 11.6. The number of likely N-dealkylation sites (tertiary alicyclic amines) is 1. The van der Waals surface area contributed by atoms with Crippen LogP contribution in [0.25, 0.3) is 5.57 Å². The molecule has 2 amide bonds. The standard InChI is InChI=1S/C31H41N3O8S2/c1-8-32(9-2)28(35)23-12-10-22(11-13-23)26-21-31(16-18-33(19-17-31)29(36)42-30(3,4)5)41-27-15-14-24(20-25(26)27)34(43(6,37)38)44(7,39)40/h10-15,20-21H,8-9,16-19H2,1-7H3. The molecule has 1 spiro atoms. The van der Waals surface area contributed by atoms with E-state index >= 15 is 0 Å². The summed E-state index contributed by atoms with van der Waals surface area (Å²) >= 11 is 0. The zero-order valence-corrected chi connectivity index (χ0v) is 27.9. The van der Waals surface area contributed by atoms with E-state index in [-0.39, 0.29) is 11.6 Å². The van der Waals surface area contributed by atoms with Crippen molar-refractivity contribution in [2.45, 2.75) is 58.7 Å². The van der Waals surface area contributed by atoms with E-state index in [0.717, 1.165) is 18.1 Å². The molecular formula is C31H41N3O8S2. The van der Waals surface area contributed by atoms with Gasteiger partial charge in [0.25, 0.3) is 5.91 Å². The lowest BCUT2D eigenvalue weighted by Crippen LogP contribution is -2.50. The molecule has 0 aliphatic carbocycles. The van der Waals surface area contributed by atoms with Crippen LogP contribution in [0.1, 0.15) is 68.9 Å². The molecule has 0 saturated carbocycles. The van der Waals surface area contributed by atoms with Crippen LogP contribution in [0.2, 0.25) is 0 Å². The summed E-state index contributed by atoms with van der Waals surface area (Å²) < 4.78 is 62.6. The van der Waals surface area contributed by atoms with Crippen LogP contribution < -0.4 is 8.45 Å². The number of ether oxygens (including phenoxy) is 2. The minimum Gasteiger partial charge on any atom is -0.482 e. The van der Waals surface area contributed by atoms with E-state index in [1.807, 2.05) is 52.8 Å². The summed E-state index contributed by atoms with van der Waals surface area (Å²) in [5.74, 6) is 0.357. The molecule has 0 radical (unpaired) electrons. The fourth-order valence-electron chi connectivity index (χ4n) is 5.51. The third-order valence-corrected chi connectivity index (χ3v) is 10.8. The number of hydrogen-bond donors (Lipinski definition) is 0. The Balaban J connectivity index is 1.78. The Labute approximate surface area is 260 Å². The van der Waals surface area contributed by atoms with E-state index in [4.69, 9.17) is 9.47 Å². The SMILES string of the molecule is CCN(CC)C(=O)c1ccc(C2=CC3(CCN(C(=O)OC(C)(C)C)CC3)Oc3ccc(N(S(C)(=O)=O)S(C)(=O)=O)cc32)cc1. The van der Waals surface area contributed by atoms with Gasteiger partial charge in [0.1, 0.15) is 17.0 Å². The maximum Gasteiger partial charge on any atom is 0.410 e. The van der Waals surface area contributed by atoms with Crippen molar-refractivity contribution in [1.29, 1.82) is 0 Å². The summed E-state index contributed by atoms with van der Waals surface area (Å²) in [5.41, 5.74) is 1.01. The lowest BCUT2D eigenvalue weighted by atomic mass is 9.82. The van der Waals surface area contributed by atoms with Crippen LogP contribution in [0.4, 0.5) is 10.5 Å². The predicted octanol–water partition coefficient (Wildman–Crippen LogP) is 4.49. The van der Waals surface area contributed by atoms with Gasteiger partial charge < -0.3 is 19.3 Å². The van der Waals surface area contributed by atoms with Crippen molar-refractivity contribution in [3.63, 3.8) is 0 Å². The molecule has 0 atom stereocenters. The maximum absolute atomic E-state index is 12.9. The highest BCUT2D eigenvalue weighted by Crippen LogP contribution is 2.45. The molecule has 0 bridgehead atoms. The number of rotatable bonds is 7. The third kappa shape index (κ3) is 7.20. The molecule has 0 N–H and O–H groups in total. The number of sulfonamides is 2. The zero-order chi connectivity index (χ0) is 32.7. The summed E-state index contributed by atoms with van der Waals surface area (Å²) in [6.07, 6.45) is 4.16. The molecular weight excluding hydrogens is 606 g/mol. The number of nitrogens with zero attached hydrogens (tertiary/aromatic N) is 3. The third-order valence-electron chi connectivity index (χ3n) is 7.54. The number of carbonyl (C=O) groups is 2. The molecule has 11 nitrogen and oxygen atoms in total. The van der Waals surface area contributed by atoms with Gasteiger partial charge in [0.05, 0.1) is 18.2 Å². The molecule has 13 heteroatoms. The van der Waals surface area contributed by atoms with Crippen LogP contribution in [-0.2, 0) is 24.8 Å². The average molecular weight is 648 g/mol. The molecule has 2 aromatic carbocycles. The number of hydrogen-bond acceptors (Lipinski definition) is 8. The Bertz CT molecular complexity index is 1630. The molecule has 1 saturated heterocycles. The molecule has 4 rings (SSSR count). The van der Waals surface area contributed by atoms with Gasteiger partial charge in [0.15, 0.2) is 0 Å². The monoisotopic (exact) mass is 647 g/mol. The number of carbonyl (C=O) groups excluding carboxylic acids is 2. The lowest BCUT2D eigenvalue weighted by Gasteiger charge is -2.43. The van der Waals surface area contributed by atoms with E-state index in [1.165, 1.54) is 12.1 Å². The first kappa shape index (κ1) is 33.3. The summed E-state index contributed by atoms with van der Waals surface area (Å²) in [7, 11) is -8.35. The maximum atomic E-state index is 12.9. The summed E-state index contributed by atoms with van der Waals surface area (Å²) in [5, 5.41) is 0. The number of amides is 2. The normalized spacial score (nSPS) is 16.4. The molecule has 2 aliphatic heterocycles. The fraction of sp³-hybridized carbons (Fsp3) is 0.484. The van der Waals surface area contributed by atoms with Crippen LogP contribution >= 0.6 is 0 Å². The largest absolute Gasteiger partial charge is 0.482 e. The van der Waals surface area contributed by atoms with Crippen molar-refractivity contribution >= 4 is 43.3 Å². The molecule has 2 aliphatic rings. The molecule has 44 heavy (non-hydrogen) atoms. The Hall–Kier alpha value is -3.58. The summed E-state index contributed by atoms with van der Waals surface area (Å²) in [6.45, 7) is 11.2. The van der Waals surface area contributed by atoms with Gasteiger partial charge in [-0.15, -0.1) is 0 Å². The molecule has 240 valence electrons. The Kier molecular flexibility index (Phi) is 9.14. The van der Waals surface area contributed by atoms with Crippen LogP contribution in [0.3, 0.4) is 0 Å². The smallest absolute Gasteiger partial charge is 0.410 e. The van der Waals surface area contributed by atoms with E-state index in [0.29, 0.717) is 65.2 Å². The molecule has 2 heterocycles. The zero-order valence-electron chi connectivity index (χ0n) is 26.3. The van der Waals surface area contributed by atoms with Crippen molar-refractivity contribution in [1.82, 2.24) is 9.80 Å². The first-order valence-corrected chi connectivity index (χ1v) is 18.2. The quantitative estimate of drug-likeness (QED) is 0.430.